The number of ether oxygens (including phenoxy) is 4. The normalized spacial score (nSPS) is 10.6. The molecule has 1 aromatic heterocycles. The highest BCUT2D eigenvalue weighted by molar-refractivity contribution is 5.93. The molecule has 2 aromatic carbocycles. The zero-order chi connectivity index (χ0) is 20.8. The lowest BCUT2D eigenvalue weighted by Crippen LogP contribution is -2.11. The van der Waals surface area contributed by atoms with Crippen molar-refractivity contribution in [2.75, 3.05) is 19.8 Å². The zero-order valence-corrected chi connectivity index (χ0v) is 16.5. The predicted octanol–water partition coefficient (Wildman–Crippen LogP) is 4.21. The Hall–Kier alpha value is -3.48. The number of carbonyl (C=O) groups excluding carboxylic acids is 1. The molecule has 0 N–H and O–H groups in total. The standard InChI is InChI=1S/C22H22O7/c1-4-25-18-11-15(12-19(26-5-2)21(18)27-6-3)22(24)28-16-9-7-14-8-10-20(23)29-17(14)13-16/h7-13H,4-6H2,1-3H3. The Bertz CT molecular complexity index is 1040. The van der Waals surface area contributed by atoms with Crippen LogP contribution in [0.2, 0.25) is 0 Å². The minimum Gasteiger partial charge on any atom is -0.490 e. The zero-order valence-electron chi connectivity index (χ0n) is 16.5. The SMILES string of the molecule is CCOc1cc(C(=O)Oc2ccc3ccc(=O)oc3c2)cc(OCC)c1OCC. The molecule has 3 aromatic rings. The number of carbonyl (C=O) groups is 1. The lowest BCUT2D eigenvalue weighted by molar-refractivity contribution is 0.0733. The quantitative estimate of drug-likeness (QED) is 0.319. The first kappa shape index (κ1) is 20.3. The summed E-state index contributed by atoms with van der Waals surface area (Å²) in [7, 11) is 0. The van der Waals surface area contributed by atoms with Crippen LogP contribution in [-0.4, -0.2) is 25.8 Å². The molecule has 7 nitrogen and oxygen atoms in total. The first-order valence-corrected chi connectivity index (χ1v) is 9.38. The minimum atomic E-state index is -0.604. The number of hydrogen-bond donors (Lipinski definition) is 0. The third kappa shape index (κ3) is 4.68. The van der Waals surface area contributed by atoms with Gasteiger partial charge in [-0.3, -0.25) is 0 Å². The molecule has 0 amide bonds. The maximum absolute atomic E-state index is 12.7. The van der Waals surface area contributed by atoms with E-state index in [-0.39, 0.29) is 11.3 Å². The van der Waals surface area contributed by atoms with E-state index < -0.39 is 11.6 Å². The second kappa shape index (κ2) is 9.14. The van der Waals surface area contributed by atoms with Gasteiger partial charge >= 0.3 is 11.6 Å². The van der Waals surface area contributed by atoms with Gasteiger partial charge in [-0.05, 0) is 51.1 Å². The molecule has 0 aliphatic heterocycles. The van der Waals surface area contributed by atoms with Gasteiger partial charge in [0.2, 0.25) is 5.75 Å². The van der Waals surface area contributed by atoms with Crippen molar-refractivity contribution >= 4 is 16.9 Å². The van der Waals surface area contributed by atoms with E-state index in [0.29, 0.717) is 42.7 Å². The lowest BCUT2D eigenvalue weighted by atomic mass is 10.1. The molecule has 3 rings (SSSR count). The maximum atomic E-state index is 12.7. The third-order valence-corrected chi connectivity index (χ3v) is 3.95. The average molecular weight is 398 g/mol. The summed E-state index contributed by atoms with van der Waals surface area (Å²) in [5.74, 6) is 0.892. The molecule has 0 atom stereocenters. The monoisotopic (exact) mass is 398 g/mol. The van der Waals surface area contributed by atoms with E-state index in [0.717, 1.165) is 5.39 Å². The van der Waals surface area contributed by atoms with E-state index >= 15 is 0 Å². The molecule has 0 fully saturated rings. The summed E-state index contributed by atoms with van der Waals surface area (Å²) in [5.41, 5.74) is 0.102. The molecular formula is C22H22O7. The highest BCUT2D eigenvalue weighted by Crippen LogP contribution is 2.39. The first-order valence-electron chi connectivity index (χ1n) is 9.38. The molecule has 0 aliphatic rings. The minimum absolute atomic E-state index is 0.245. The molecule has 7 heteroatoms. The Labute approximate surface area is 167 Å². The lowest BCUT2D eigenvalue weighted by Gasteiger charge is -2.16. The predicted molar refractivity (Wildman–Crippen MR) is 107 cm³/mol. The number of esters is 1. The Morgan fingerprint density at radius 3 is 2.10 bits per heavy atom. The summed E-state index contributed by atoms with van der Waals surface area (Å²) in [6.45, 7) is 6.74. The largest absolute Gasteiger partial charge is 0.490 e. The second-order valence-corrected chi connectivity index (χ2v) is 5.94. The van der Waals surface area contributed by atoms with Crippen LogP contribution < -0.4 is 24.6 Å². The highest BCUT2D eigenvalue weighted by atomic mass is 16.5. The van der Waals surface area contributed by atoms with Gasteiger partial charge in [-0.1, -0.05) is 0 Å². The van der Waals surface area contributed by atoms with Gasteiger partial charge in [-0.15, -0.1) is 0 Å². The molecule has 29 heavy (non-hydrogen) atoms. The summed E-state index contributed by atoms with van der Waals surface area (Å²) >= 11 is 0. The van der Waals surface area contributed by atoms with E-state index in [1.54, 1.807) is 30.3 Å². The average Bonchev–Trinajstić information content (AvgIpc) is 2.70. The molecule has 0 aliphatic carbocycles. The molecule has 0 unspecified atom stereocenters. The van der Waals surface area contributed by atoms with Crippen LogP contribution in [0.1, 0.15) is 31.1 Å². The van der Waals surface area contributed by atoms with Crippen LogP contribution in [0.3, 0.4) is 0 Å². The van der Waals surface area contributed by atoms with E-state index in [1.807, 2.05) is 20.8 Å². The summed E-state index contributed by atoms with van der Waals surface area (Å²) in [4.78, 5) is 24.1. The fourth-order valence-electron chi connectivity index (χ4n) is 2.78. The van der Waals surface area contributed by atoms with E-state index in [1.165, 1.54) is 12.1 Å². The van der Waals surface area contributed by atoms with Gasteiger partial charge in [-0.25, -0.2) is 9.59 Å². The molecule has 1 heterocycles. The molecule has 0 saturated heterocycles. The molecule has 0 bridgehead atoms. The summed E-state index contributed by atoms with van der Waals surface area (Å²) in [6, 6.07) is 10.9. The van der Waals surface area contributed by atoms with Gasteiger partial charge in [-0.2, -0.15) is 0 Å². The van der Waals surface area contributed by atoms with Crippen molar-refractivity contribution in [2.24, 2.45) is 0 Å². The fraction of sp³-hybridized carbons (Fsp3) is 0.273. The summed E-state index contributed by atoms with van der Waals surface area (Å²) in [5, 5.41) is 0.725. The third-order valence-electron chi connectivity index (χ3n) is 3.95. The maximum Gasteiger partial charge on any atom is 0.343 e. The number of hydrogen-bond acceptors (Lipinski definition) is 7. The van der Waals surface area contributed by atoms with Crippen LogP contribution in [0.25, 0.3) is 11.0 Å². The van der Waals surface area contributed by atoms with Gasteiger partial charge in [0.1, 0.15) is 11.3 Å². The smallest absolute Gasteiger partial charge is 0.343 e. The first-order chi connectivity index (χ1) is 14.0. The van der Waals surface area contributed by atoms with E-state index in [9.17, 15) is 9.59 Å². The number of fused-ring (bicyclic) bond motifs is 1. The van der Waals surface area contributed by atoms with Crippen molar-refractivity contribution in [2.45, 2.75) is 20.8 Å². The second-order valence-electron chi connectivity index (χ2n) is 5.94. The van der Waals surface area contributed by atoms with E-state index in [2.05, 4.69) is 0 Å². The Morgan fingerprint density at radius 1 is 0.862 bits per heavy atom. The van der Waals surface area contributed by atoms with Crippen molar-refractivity contribution in [3.8, 4) is 23.0 Å². The molecule has 152 valence electrons. The van der Waals surface area contributed by atoms with Crippen molar-refractivity contribution in [1.29, 1.82) is 0 Å². The van der Waals surface area contributed by atoms with Crippen LogP contribution in [0.15, 0.2) is 51.7 Å². The molecule has 0 spiro atoms. The summed E-state index contributed by atoms with van der Waals surface area (Å²) in [6.07, 6.45) is 0. The van der Waals surface area contributed by atoms with Crippen molar-refractivity contribution < 1.29 is 28.2 Å². The van der Waals surface area contributed by atoms with Crippen LogP contribution >= 0.6 is 0 Å². The van der Waals surface area contributed by atoms with Gasteiger partial charge < -0.3 is 23.4 Å². The van der Waals surface area contributed by atoms with Gasteiger partial charge in [0.15, 0.2) is 11.5 Å². The Morgan fingerprint density at radius 2 is 1.48 bits per heavy atom. The molecular weight excluding hydrogens is 376 g/mol. The van der Waals surface area contributed by atoms with Crippen molar-refractivity contribution in [3.63, 3.8) is 0 Å². The Balaban J connectivity index is 1.94. The van der Waals surface area contributed by atoms with Crippen LogP contribution in [0.4, 0.5) is 0 Å². The van der Waals surface area contributed by atoms with Gasteiger partial charge in [0, 0.05) is 17.5 Å². The molecule has 0 saturated carbocycles. The van der Waals surface area contributed by atoms with Crippen LogP contribution in [0, 0.1) is 0 Å². The van der Waals surface area contributed by atoms with Crippen molar-refractivity contribution in [3.05, 3.63) is 58.4 Å². The molecule has 0 radical (unpaired) electrons. The van der Waals surface area contributed by atoms with Crippen LogP contribution in [0.5, 0.6) is 23.0 Å². The van der Waals surface area contributed by atoms with Crippen molar-refractivity contribution in [1.82, 2.24) is 0 Å². The number of rotatable bonds is 8. The Kier molecular flexibility index (Phi) is 6.39. The topological polar surface area (TPSA) is 84.2 Å². The number of benzene rings is 2. The van der Waals surface area contributed by atoms with E-state index in [4.69, 9.17) is 23.4 Å². The van der Waals surface area contributed by atoms with Gasteiger partial charge in [0.05, 0.1) is 25.4 Å². The fourth-order valence-corrected chi connectivity index (χ4v) is 2.78. The van der Waals surface area contributed by atoms with Gasteiger partial charge in [0.25, 0.3) is 0 Å². The summed E-state index contributed by atoms with van der Waals surface area (Å²) < 4.78 is 27.5. The highest BCUT2D eigenvalue weighted by Gasteiger charge is 2.19. The van der Waals surface area contributed by atoms with Crippen LogP contribution in [-0.2, 0) is 0 Å².